The Morgan fingerprint density at radius 1 is 1.15 bits per heavy atom. The monoisotopic (exact) mass is 449 g/mol. The third-order valence-electron chi connectivity index (χ3n) is 6.48. The molecule has 3 aromatic heterocycles. The molecule has 0 aliphatic carbocycles. The van der Waals surface area contributed by atoms with Crippen molar-refractivity contribution in [2.45, 2.75) is 24.7 Å². The second-order valence-electron chi connectivity index (χ2n) is 8.47. The minimum atomic E-state index is -1.01. The number of hydrogen-bond acceptors (Lipinski definition) is 8. The average molecular weight is 449 g/mol. The first-order chi connectivity index (χ1) is 16.2. The summed E-state index contributed by atoms with van der Waals surface area (Å²) in [7, 11) is 1.58. The summed E-state index contributed by atoms with van der Waals surface area (Å²) >= 11 is 0. The van der Waals surface area contributed by atoms with Crippen molar-refractivity contribution in [3.8, 4) is 17.0 Å². The average Bonchev–Trinajstić information content (AvgIpc) is 3.23. The molecule has 5 heterocycles. The number of piperidine rings is 1. The molecule has 2 fully saturated rings. The minimum absolute atomic E-state index is 0.344. The Kier molecular flexibility index (Phi) is 5.03. The van der Waals surface area contributed by atoms with E-state index in [1.807, 2.05) is 30.5 Å². The van der Waals surface area contributed by atoms with E-state index in [4.69, 9.17) is 9.47 Å². The van der Waals surface area contributed by atoms with E-state index in [0.717, 1.165) is 34.2 Å². The molecule has 0 spiro atoms. The molecular weight excluding hydrogens is 425 g/mol. The fraction of sp³-hybridized carbons (Fsp3) is 0.391. The van der Waals surface area contributed by atoms with Crippen molar-refractivity contribution in [2.24, 2.45) is 0 Å². The summed E-state index contributed by atoms with van der Waals surface area (Å²) < 4.78 is 27.5. The Labute approximate surface area is 189 Å². The molecule has 0 saturated carbocycles. The highest BCUT2D eigenvalue weighted by Gasteiger charge is 2.35. The van der Waals surface area contributed by atoms with Crippen LogP contribution in [0.1, 0.15) is 6.42 Å². The van der Waals surface area contributed by atoms with Gasteiger partial charge in [0.05, 0.1) is 43.4 Å². The van der Waals surface area contributed by atoms with Gasteiger partial charge in [-0.1, -0.05) is 6.07 Å². The van der Waals surface area contributed by atoms with Crippen LogP contribution in [0.4, 0.5) is 10.3 Å². The Morgan fingerprint density at radius 3 is 2.76 bits per heavy atom. The quantitative estimate of drug-likeness (QED) is 0.497. The number of hydrogen-bond donors (Lipinski definition) is 1. The van der Waals surface area contributed by atoms with Gasteiger partial charge < -0.3 is 14.8 Å². The molecule has 0 bridgehead atoms. The molecule has 10 heteroatoms. The second kappa shape index (κ2) is 8.20. The second-order valence-corrected chi connectivity index (χ2v) is 8.47. The van der Waals surface area contributed by atoms with Crippen molar-refractivity contribution < 1.29 is 13.9 Å². The maximum absolute atomic E-state index is 14.9. The zero-order chi connectivity index (χ0) is 22.4. The van der Waals surface area contributed by atoms with E-state index in [1.165, 1.54) is 0 Å². The predicted octanol–water partition coefficient (Wildman–Crippen LogP) is 2.57. The molecule has 2 aliphatic rings. The van der Waals surface area contributed by atoms with Gasteiger partial charge in [-0.3, -0.25) is 14.9 Å². The third-order valence-corrected chi connectivity index (χ3v) is 6.48. The molecule has 9 nitrogen and oxygen atoms in total. The van der Waals surface area contributed by atoms with E-state index in [2.05, 4.69) is 30.3 Å². The summed E-state index contributed by atoms with van der Waals surface area (Å²) in [4.78, 5) is 15.5. The van der Waals surface area contributed by atoms with Crippen LogP contribution in [0.25, 0.3) is 27.7 Å². The molecule has 2 saturated heterocycles. The van der Waals surface area contributed by atoms with E-state index in [9.17, 15) is 4.39 Å². The Bertz CT molecular complexity index is 1310. The molecule has 0 amide bonds. The van der Waals surface area contributed by atoms with Crippen molar-refractivity contribution >= 4 is 22.5 Å². The molecule has 33 heavy (non-hydrogen) atoms. The maximum atomic E-state index is 14.9. The number of rotatable bonds is 5. The predicted molar refractivity (Wildman–Crippen MR) is 121 cm³/mol. The first-order valence-corrected chi connectivity index (χ1v) is 11.1. The zero-order valence-electron chi connectivity index (χ0n) is 18.2. The number of ether oxygens (including phenoxy) is 2. The van der Waals surface area contributed by atoms with Crippen LogP contribution >= 0.6 is 0 Å². The largest absolute Gasteiger partial charge is 0.479 e. The topological polar surface area (TPSA) is 89.7 Å². The fourth-order valence-corrected chi connectivity index (χ4v) is 4.58. The minimum Gasteiger partial charge on any atom is -0.479 e. The van der Waals surface area contributed by atoms with Crippen LogP contribution in [0.5, 0.6) is 5.88 Å². The van der Waals surface area contributed by atoms with Gasteiger partial charge in [0.2, 0.25) is 11.8 Å². The lowest BCUT2D eigenvalue weighted by Crippen LogP contribution is -2.57. The highest BCUT2D eigenvalue weighted by molar-refractivity contribution is 5.89. The first-order valence-electron chi connectivity index (χ1n) is 11.1. The molecule has 2 aliphatic heterocycles. The van der Waals surface area contributed by atoms with Crippen molar-refractivity contribution in [2.75, 3.05) is 38.7 Å². The fourth-order valence-electron chi connectivity index (χ4n) is 4.58. The first kappa shape index (κ1) is 20.3. The number of nitrogens with zero attached hydrogens (tertiary/aromatic N) is 6. The summed E-state index contributed by atoms with van der Waals surface area (Å²) in [5.74, 6) is 0.769. The van der Waals surface area contributed by atoms with Gasteiger partial charge in [0.15, 0.2) is 0 Å². The lowest BCUT2D eigenvalue weighted by molar-refractivity contribution is -0.0794. The number of aromatic nitrogens is 5. The molecular formula is C23H24FN7O2. The normalized spacial score (nSPS) is 21.9. The van der Waals surface area contributed by atoms with Crippen LogP contribution in [-0.2, 0) is 4.74 Å². The zero-order valence-corrected chi connectivity index (χ0v) is 18.2. The summed E-state index contributed by atoms with van der Waals surface area (Å²) in [6.07, 6.45) is 4.87. The van der Waals surface area contributed by atoms with Gasteiger partial charge in [-0.2, -0.15) is 4.98 Å². The number of fused-ring (bicyclic) bond motifs is 2. The maximum Gasteiger partial charge on any atom is 0.244 e. The lowest BCUT2D eigenvalue weighted by Gasteiger charge is -2.42. The van der Waals surface area contributed by atoms with Crippen LogP contribution in [-0.4, -0.2) is 81.1 Å². The Morgan fingerprint density at radius 2 is 2.00 bits per heavy atom. The lowest BCUT2D eigenvalue weighted by atomic mass is 10.0. The van der Waals surface area contributed by atoms with E-state index in [0.29, 0.717) is 44.0 Å². The standard InChI is InChI=1S/C23H24FN7O2/c1-32-22-21-16(14-2-3-19-20(10-14)26-7-6-25-19)4-9-31(21)29-23(28-22)27-18-5-8-30(11-17(18)24)15-12-33-13-15/h2-4,6-7,9-10,15,17-18H,5,8,11-13H2,1H3,(H,27,29)/t17-,18+/m0/s1. The van der Waals surface area contributed by atoms with Gasteiger partial charge in [0, 0.05) is 37.2 Å². The Balaban J connectivity index is 1.28. The number of methoxy groups -OCH3 is 1. The molecule has 4 aromatic rings. The molecule has 0 unspecified atom stereocenters. The summed E-state index contributed by atoms with van der Waals surface area (Å²) in [5.41, 5.74) is 4.26. The third kappa shape index (κ3) is 3.65. The summed E-state index contributed by atoms with van der Waals surface area (Å²) in [5, 5.41) is 7.78. The van der Waals surface area contributed by atoms with Crippen LogP contribution in [0.2, 0.25) is 0 Å². The molecule has 1 aromatic carbocycles. The Hall–Kier alpha value is -3.37. The van der Waals surface area contributed by atoms with E-state index >= 15 is 0 Å². The van der Waals surface area contributed by atoms with Gasteiger partial charge in [0.25, 0.3) is 0 Å². The number of alkyl halides is 1. The smallest absolute Gasteiger partial charge is 0.244 e. The van der Waals surface area contributed by atoms with Crippen LogP contribution in [0.15, 0.2) is 42.9 Å². The van der Waals surface area contributed by atoms with Crippen LogP contribution < -0.4 is 10.1 Å². The highest BCUT2D eigenvalue weighted by Crippen LogP contribution is 2.33. The SMILES string of the molecule is COc1nc(N[C@@H]2CCN(C3COC3)C[C@@H]2F)nn2ccc(-c3ccc4nccnc4c3)c12. The van der Waals surface area contributed by atoms with E-state index < -0.39 is 6.17 Å². The molecule has 170 valence electrons. The number of halogens is 1. The molecule has 1 N–H and O–H groups in total. The van der Waals surface area contributed by atoms with E-state index in [-0.39, 0.29) is 6.04 Å². The van der Waals surface area contributed by atoms with Gasteiger partial charge in [0.1, 0.15) is 11.7 Å². The summed E-state index contributed by atoms with van der Waals surface area (Å²) in [6, 6.07) is 7.87. The van der Waals surface area contributed by atoms with Gasteiger partial charge in [-0.15, -0.1) is 5.10 Å². The number of likely N-dealkylation sites (tertiary alicyclic amines) is 1. The molecule has 2 atom stereocenters. The number of anilines is 1. The van der Waals surface area contributed by atoms with E-state index in [1.54, 1.807) is 24.0 Å². The van der Waals surface area contributed by atoms with Gasteiger partial charge in [-0.05, 0) is 30.2 Å². The number of nitrogens with one attached hydrogen (secondary N) is 1. The van der Waals surface area contributed by atoms with Crippen LogP contribution in [0, 0.1) is 0 Å². The highest BCUT2D eigenvalue weighted by atomic mass is 19.1. The van der Waals surface area contributed by atoms with Gasteiger partial charge >= 0.3 is 0 Å². The van der Waals surface area contributed by atoms with Crippen molar-refractivity contribution in [3.05, 3.63) is 42.9 Å². The van der Waals surface area contributed by atoms with Gasteiger partial charge in [-0.25, -0.2) is 8.91 Å². The van der Waals surface area contributed by atoms with Crippen LogP contribution in [0.3, 0.4) is 0 Å². The van der Waals surface area contributed by atoms with Crippen molar-refractivity contribution in [3.63, 3.8) is 0 Å². The molecule has 6 rings (SSSR count). The van der Waals surface area contributed by atoms with Crippen molar-refractivity contribution in [1.29, 1.82) is 0 Å². The van der Waals surface area contributed by atoms with Crippen molar-refractivity contribution in [1.82, 2.24) is 29.5 Å². The summed E-state index contributed by atoms with van der Waals surface area (Å²) in [6.45, 7) is 2.61. The number of benzene rings is 1. The molecule has 0 radical (unpaired) electrons.